The average Bonchev–Trinajstić information content (AvgIpc) is 2.73. The Morgan fingerprint density at radius 2 is 1.39 bits per heavy atom. The highest BCUT2D eigenvalue weighted by Gasteiger charge is 2.14. The zero-order valence-electron chi connectivity index (χ0n) is 20.5. The number of hydrogen-bond acceptors (Lipinski definition) is 3. The lowest BCUT2D eigenvalue weighted by atomic mass is 10.0. The topological polar surface area (TPSA) is 29.1 Å². The van der Waals surface area contributed by atoms with Crippen molar-refractivity contribution in [3.05, 3.63) is 48.6 Å². The third-order valence-electron chi connectivity index (χ3n) is 4.53. The third kappa shape index (κ3) is 23.6. The lowest BCUT2D eigenvalue weighted by Gasteiger charge is -2.20. The lowest BCUT2D eigenvalue weighted by molar-refractivity contribution is -0.121. The molecule has 1 atom stereocenters. The summed E-state index contributed by atoms with van der Waals surface area (Å²) in [6.07, 6.45) is 28.0. The second kappa shape index (κ2) is 23.8. The van der Waals surface area contributed by atoms with Crippen LogP contribution >= 0.6 is 21.6 Å². The molecule has 1 N–H and O–H groups in total. The van der Waals surface area contributed by atoms with Crippen molar-refractivity contribution in [3.63, 3.8) is 0 Å². The van der Waals surface area contributed by atoms with Crippen LogP contribution in [0, 0.1) is 5.92 Å². The fourth-order valence-corrected chi connectivity index (χ4v) is 5.35. The van der Waals surface area contributed by atoms with E-state index in [4.69, 9.17) is 0 Å². The summed E-state index contributed by atoms with van der Waals surface area (Å²) >= 11 is 0. The summed E-state index contributed by atoms with van der Waals surface area (Å²) in [6.45, 7) is 8.78. The van der Waals surface area contributed by atoms with E-state index in [2.05, 4.69) is 81.6 Å². The van der Waals surface area contributed by atoms with Crippen LogP contribution in [0.4, 0.5) is 0 Å². The van der Waals surface area contributed by atoms with Gasteiger partial charge in [0.05, 0.1) is 0 Å². The molecule has 0 saturated heterocycles. The van der Waals surface area contributed by atoms with Crippen LogP contribution in [-0.4, -0.2) is 23.5 Å². The maximum absolute atomic E-state index is 12.3. The van der Waals surface area contributed by atoms with Gasteiger partial charge in [-0.2, -0.15) is 0 Å². The Kier molecular flexibility index (Phi) is 23.1. The van der Waals surface area contributed by atoms with Gasteiger partial charge in [0, 0.05) is 24.0 Å². The van der Waals surface area contributed by atoms with Crippen molar-refractivity contribution in [2.45, 2.75) is 97.9 Å². The van der Waals surface area contributed by atoms with Gasteiger partial charge < -0.3 is 5.32 Å². The van der Waals surface area contributed by atoms with Crippen LogP contribution in [0.1, 0.15) is 91.9 Å². The number of rotatable bonds is 20. The van der Waals surface area contributed by atoms with E-state index in [9.17, 15) is 4.79 Å². The molecule has 0 aromatic heterocycles. The third-order valence-corrected chi connectivity index (χ3v) is 7.10. The van der Waals surface area contributed by atoms with E-state index in [-0.39, 0.29) is 11.9 Å². The quantitative estimate of drug-likeness (QED) is 0.111. The molecular formula is C27H47NOS2. The van der Waals surface area contributed by atoms with Crippen molar-refractivity contribution in [2.75, 3.05) is 11.5 Å². The minimum atomic E-state index is 0.206. The Balaban J connectivity index is 3.93. The number of hydrogen-bond donors (Lipinski definition) is 1. The van der Waals surface area contributed by atoms with Crippen LogP contribution in [0.15, 0.2) is 48.6 Å². The summed E-state index contributed by atoms with van der Waals surface area (Å²) in [7, 11) is 3.85. The molecule has 0 aliphatic carbocycles. The average molecular weight is 466 g/mol. The van der Waals surface area contributed by atoms with Crippen LogP contribution < -0.4 is 5.32 Å². The molecule has 0 aromatic carbocycles. The van der Waals surface area contributed by atoms with Crippen LogP contribution in [-0.2, 0) is 4.79 Å². The normalized spacial score (nSPS) is 13.5. The Morgan fingerprint density at radius 3 is 1.97 bits per heavy atom. The number of allylic oxidation sites excluding steroid dienone is 8. The highest BCUT2D eigenvalue weighted by Crippen LogP contribution is 2.25. The fraction of sp³-hybridized carbons (Fsp3) is 0.667. The molecule has 0 aromatic rings. The summed E-state index contributed by atoms with van der Waals surface area (Å²) in [4.78, 5) is 12.3. The highest BCUT2D eigenvalue weighted by molar-refractivity contribution is 8.76. The van der Waals surface area contributed by atoms with Crippen LogP contribution in [0.25, 0.3) is 0 Å². The molecule has 0 radical (unpaired) electrons. The smallest absolute Gasteiger partial charge is 0.220 e. The van der Waals surface area contributed by atoms with Crippen molar-refractivity contribution in [2.24, 2.45) is 5.92 Å². The Bertz CT molecular complexity index is 523. The monoisotopic (exact) mass is 465 g/mol. The van der Waals surface area contributed by atoms with E-state index in [0.717, 1.165) is 57.1 Å². The second-order valence-electron chi connectivity index (χ2n) is 8.21. The molecule has 0 aliphatic rings. The molecule has 0 aliphatic heterocycles. The summed E-state index contributed by atoms with van der Waals surface area (Å²) in [6, 6.07) is 0.282. The minimum Gasteiger partial charge on any atom is -0.353 e. The summed E-state index contributed by atoms with van der Waals surface area (Å²) in [5, 5.41) is 3.28. The Hall–Kier alpha value is -0.870. The van der Waals surface area contributed by atoms with Crippen LogP contribution in [0.2, 0.25) is 0 Å². The number of carbonyl (C=O) groups is 1. The number of carbonyl (C=O) groups excluding carboxylic acids is 1. The number of amides is 1. The number of unbranched alkanes of at least 4 members (excludes halogenated alkanes) is 2. The van der Waals surface area contributed by atoms with Crippen LogP contribution in [0.3, 0.4) is 0 Å². The van der Waals surface area contributed by atoms with E-state index in [0.29, 0.717) is 12.3 Å². The summed E-state index contributed by atoms with van der Waals surface area (Å²) in [5.74, 6) is 2.97. The van der Waals surface area contributed by atoms with E-state index >= 15 is 0 Å². The van der Waals surface area contributed by atoms with E-state index in [1.54, 1.807) is 0 Å². The standard InChI is InChI=1S/C27H47NOS2/c1-5-7-9-11-13-15-17-19-21-27(29)28-26(23-25(3)4)24-31-30-22-20-18-16-14-12-10-8-6-2/h7-10,13-16,25-26H,5-6,11-12,17-24H2,1-4H3,(H,28,29)/b9-7+,10-8+,15-13+,16-14+. The van der Waals surface area contributed by atoms with Crippen molar-refractivity contribution in [1.82, 2.24) is 5.32 Å². The summed E-state index contributed by atoms with van der Waals surface area (Å²) < 4.78 is 0. The van der Waals surface area contributed by atoms with Gasteiger partial charge in [-0.05, 0) is 63.7 Å². The van der Waals surface area contributed by atoms with E-state index < -0.39 is 0 Å². The zero-order chi connectivity index (χ0) is 23.0. The maximum Gasteiger partial charge on any atom is 0.220 e. The Labute approximate surface area is 201 Å². The second-order valence-corrected chi connectivity index (χ2v) is 10.8. The van der Waals surface area contributed by atoms with Crippen molar-refractivity contribution < 1.29 is 4.79 Å². The lowest BCUT2D eigenvalue weighted by Crippen LogP contribution is -2.37. The highest BCUT2D eigenvalue weighted by atomic mass is 33.1. The molecule has 1 amide bonds. The summed E-state index contributed by atoms with van der Waals surface area (Å²) in [5.41, 5.74) is 0. The predicted octanol–water partition coefficient (Wildman–Crippen LogP) is 8.67. The molecule has 4 heteroatoms. The molecule has 2 nitrogen and oxygen atoms in total. The minimum absolute atomic E-state index is 0.206. The molecule has 0 rings (SSSR count). The first-order chi connectivity index (χ1) is 15.1. The zero-order valence-corrected chi connectivity index (χ0v) is 22.1. The first kappa shape index (κ1) is 30.1. The van der Waals surface area contributed by atoms with Crippen LogP contribution in [0.5, 0.6) is 0 Å². The van der Waals surface area contributed by atoms with Crippen molar-refractivity contribution >= 4 is 27.5 Å². The van der Waals surface area contributed by atoms with Gasteiger partial charge in [0.15, 0.2) is 0 Å². The van der Waals surface area contributed by atoms with Crippen molar-refractivity contribution in [3.8, 4) is 0 Å². The van der Waals surface area contributed by atoms with Crippen molar-refractivity contribution in [1.29, 1.82) is 0 Å². The molecule has 0 fully saturated rings. The largest absolute Gasteiger partial charge is 0.353 e. The van der Waals surface area contributed by atoms with Gasteiger partial charge in [0.25, 0.3) is 0 Å². The van der Waals surface area contributed by atoms with Gasteiger partial charge >= 0.3 is 0 Å². The molecule has 0 bridgehead atoms. The Morgan fingerprint density at radius 1 is 0.806 bits per heavy atom. The molecule has 0 heterocycles. The predicted molar refractivity (Wildman–Crippen MR) is 146 cm³/mol. The van der Waals surface area contributed by atoms with Gasteiger partial charge in [-0.15, -0.1) is 0 Å². The first-order valence-electron chi connectivity index (χ1n) is 12.2. The SMILES string of the molecule is CC/C=C/C/C=C/CCCSSCC(CC(C)C)NC(=O)CCC/C=C/C/C=C/CC. The molecule has 1 unspecified atom stereocenters. The van der Waals surface area contributed by atoms with Gasteiger partial charge in [0.1, 0.15) is 0 Å². The van der Waals surface area contributed by atoms with Gasteiger partial charge in [-0.3, -0.25) is 4.79 Å². The number of nitrogens with one attached hydrogen (secondary N) is 1. The fourth-order valence-electron chi connectivity index (χ4n) is 2.98. The molecular weight excluding hydrogens is 418 g/mol. The van der Waals surface area contributed by atoms with E-state index in [1.807, 2.05) is 21.6 Å². The van der Waals surface area contributed by atoms with Gasteiger partial charge in [0.2, 0.25) is 5.91 Å². The van der Waals surface area contributed by atoms with Gasteiger partial charge in [-0.25, -0.2) is 0 Å². The van der Waals surface area contributed by atoms with Gasteiger partial charge in [-0.1, -0.05) is 97.9 Å². The molecule has 0 spiro atoms. The molecule has 31 heavy (non-hydrogen) atoms. The molecule has 178 valence electrons. The molecule has 0 saturated carbocycles. The first-order valence-corrected chi connectivity index (χ1v) is 14.7. The maximum atomic E-state index is 12.3. The van der Waals surface area contributed by atoms with E-state index in [1.165, 1.54) is 12.2 Å².